The molecule has 0 atom stereocenters. The summed E-state index contributed by atoms with van der Waals surface area (Å²) in [5.41, 5.74) is 1.79. The van der Waals surface area contributed by atoms with Crippen molar-refractivity contribution in [2.45, 2.75) is 11.8 Å². The van der Waals surface area contributed by atoms with E-state index in [1.165, 1.54) is 18.2 Å². The molecule has 0 radical (unpaired) electrons. The number of aryl methyl sites for hydroxylation is 1. The first kappa shape index (κ1) is 16.5. The highest BCUT2D eigenvalue weighted by molar-refractivity contribution is 7.90. The molecular weight excluding hydrogens is 351 g/mol. The van der Waals surface area contributed by atoms with Crippen LogP contribution in [0.2, 0.25) is 0 Å². The van der Waals surface area contributed by atoms with E-state index in [-0.39, 0.29) is 10.6 Å². The smallest absolute Gasteiger partial charge is 0.272 e. The predicted octanol–water partition coefficient (Wildman–Crippen LogP) is 2.96. The Labute approximate surface area is 142 Å². The molecule has 2 aromatic carbocycles. The van der Waals surface area contributed by atoms with Gasteiger partial charge in [0.05, 0.1) is 14.9 Å². The van der Waals surface area contributed by atoms with Crippen molar-refractivity contribution in [2.24, 2.45) is 0 Å². The Morgan fingerprint density at radius 3 is 2.33 bits per heavy atom. The third-order valence-corrected chi connectivity index (χ3v) is 5.57. The maximum atomic E-state index is 13.8. The summed E-state index contributed by atoms with van der Waals surface area (Å²) in [5.74, 6) is -0.405. The minimum Gasteiger partial charge on any atom is -0.593 e. The Morgan fingerprint density at radius 1 is 1.12 bits per heavy atom. The number of rotatable bonds is 3. The summed E-state index contributed by atoms with van der Waals surface area (Å²) < 4.78 is 40.7. The lowest BCUT2D eigenvalue weighted by Gasteiger charge is -2.03. The largest absolute Gasteiger partial charge is 0.593 e. The van der Waals surface area contributed by atoms with Gasteiger partial charge >= 0.3 is 0 Å². The van der Waals surface area contributed by atoms with Gasteiger partial charge in [0.1, 0.15) is 10.7 Å². The van der Waals surface area contributed by atoms with Crippen LogP contribution in [0.25, 0.3) is 21.7 Å². The van der Waals surface area contributed by atoms with Gasteiger partial charge in [-0.15, -0.1) is 0 Å². The van der Waals surface area contributed by atoms with Crippen molar-refractivity contribution in [3.63, 3.8) is 0 Å². The molecule has 0 N–H and O–H groups in total. The zero-order valence-corrected chi connectivity index (χ0v) is 14.5. The second-order valence-electron chi connectivity index (χ2n) is 5.38. The van der Waals surface area contributed by atoms with Gasteiger partial charge in [0.25, 0.3) is 5.69 Å². The van der Waals surface area contributed by atoms with E-state index in [9.17, 15) is 18.0 Å². The van der Waals surface area contributed by atoms with Crippen LogP contribution in [0.1, 0.15) is 5.56 Å². The van der Waals surface area contributed by atoms with E-state index in [1.54, 1.807) is 31.2 Å². The Balaban J connectivity index is 2.12. The van der Waals surface area contributed by atoms with Crippen molar-refractivity contribution >= 4 is 21.4 Å². The van der Waals surface area contributed by atoms with Gasteiger partial charge in [0.15, 0.2) is 9.84 Å². The number of aromatic nitrogens is 2. The molecule has 1 heterocycles. The maximum Gasteiger partial charge on any atom is 0.272 e. The van der Waals surface area contributed by atoms with E-state index in [1.807, 2.05) is 0 Å². The average Bonchev–Trinajstić information content (AvgIpc) is 2.91. The van der Waals surface area contributed by atoms with Gasteiger partial charge in [0.2, 0.25) is 0 Å². The molecule has 0 unspecified atom stereocenters. The molecule has 0 spiro atoms. The van der Waals surface area contributed by atoms with Gasteiger partial charge in [-0.1, -0.05) is 18.2 Å². The Kier molecular flexibility index (Phi) is 4.10. The minimum absolute atomic E-state index is 0.189. The lowest BCUT2D eigenvalue weighted by atomic mass is 10.1. The first-order valence-corrected chi connectivity index (χ1v) is 9.60. The van der Waals surface area contributed by atoms with E-state index in [0.29, 0.717) is 26.4 Å². The van der Waals surface area contributed by atoms with Crippen molar-refractivity contribution in [2.75, 3.05) is 6.26 Å². The third kappa shape index (κ3) is 3.02. The Morgan fingerprint density at radius 2 is 1.75 bits per heavy atom. The van der Waals surface area contributed by atoms with Gasteiger partial charge in [-0.25, -0.2) is 12.8 Å². The highest BCUT2D eigenvalue weighted by Gasteiger charge is 2.23. The summed E-state index contributed by atoms with van der Waals surface area (Å²) in [7, 11) is -3.30. The SMILES string of the molecule is Cc1ccc(-c2c(-c3ccc(S(C)(=O)=O)cc3)sn[n+]2[O-])cc1F. The molecule has 24 heavy (non-hydrogen) atoms. The molecule has 0 saturated heterocycles. The molecule has 0 aliphatic heterocycles. The molecule has 0 amide bonds. The van der Waals surface area contributed by atoms with Crippen molar-refractivity contribution in [1.29, 1.82) is 0 Å². The molecular formula is C16H13FN2O3S2. The standard InChI is InChI=1S/C16H13FN2O3S2/c1-10-3-4-12(9-14(10)17)15-16(23-18-19(15)20)11-5-7-13(8-6-11)24(2,21)22/h3-9H,1-2H3. The summed E-state index contributed by atoms with van der Waals surface area (Å²) in [6, 6.07) is 10.7. The molecule has 0 fully saturated rings. The number of hydrogen-bond donors (Lipinski definition) is 0. The number of hydrogen-bond acceptors (Lipinski definition) is 5. The molecule has 1 aromatic heterocycles. The Hall–Kier alpha value is -2.32. The van der Waals surface area contributed by atoms with Gasteiger partial charge < -0.3 is 5.21 Å². The van der Waals surface area contributed by atoms with Gasteiger partial charge in [-0.3, -0.25) is 0 Å². The van der Waals surface area contributed by atoms with Gasteiger partial charge in [-0.2, -0.15) is 0 Å². The zero-order valence-electron chi connectivity index (χ0n) is 12.9. The molecule has 5 nitrogen and oxygen atoms in total. The number of nitrogens with zero attached hydrogens (tertiary/aromatic N) is 2. The monoisotopic (exact) mass is 364 g/mol. The molecule has 124 valence electrons. The Bertz CT molecular complexity index is 1010. The molecule has 0 saturated carbocycles. The number of halogens is 1. The van der Waals surface area contributed by atoms with E-state index >= 15 is 0 Å². The highest BCUT2D eigenvalue weighted by atomic mass is 32.2. The maximum absolute atomic E-state index is 13.8. The lowest BCUT2D eigenvalue weighted by molar-refractivity contribution is -0.649. The average molecular weight is 364 g/mol. The fraction of sp³-hybridized carbons (Fsp3) is 0.125. The first-order valence-electron chi connectivity index (χ1n) is 6.94. The minimum atomic E-state index is -3.30. The van der Waals surface area contributed by atoms with Crippen LogP contribution in [0.4, 0.5) is 4.39 Å². The second kappa shape index (κ2) is 5.95. The quantitative estimate of drug-likeness (QED) is 0.529. The van der Waals surface area contributed by atoms with Crippen molar-refractivity contribution in [1.82, 2.24) is 4.49 Å². The fourth-order valence-electron chi connectivity index (χ4n) is 2.27. The summed E-state index contributed by atoms with van der Waals surface area (Å²) in [6.07, 6.45) is 1.13. The molecule has 8 heteroatoms. The van der Waals surface area contributed by atoms with E-state index < -0.39 is 15.7 Å². The van der Waals surface area contributed by atoms with Crippen LogP contribution >= 0.6 is 11.5 Å². The summed E-state index contributed by atoms with van der Waals surface area (Å²) in [4.78, 5) is 1.19. The van der Waals surface area contributed by atoms with Crippen LogP contribution < -0.4 is 4.85 Å². The summed E-state index contributed by atoms with van der Waals surface area (Å²) in [5, 5.41) is 12.0. The van der Waals surface area contributed by atoms with E-state index in [0.717, 1.165) is 17.8 Å². The van der Waals surface area contributed by atoms with E-state index in [2.05, 4.69) is 4.49 Å². The molecule has 3 aromatic rings. The second-order valence-corrected chi connectivity index (χ2v) is 8.15. The van der Waals surface area contributed by atoms with Crippen molar-refractivity contribution in [3.8, 4) is 21.7 Å². The fourth-order valence-corrected chi connectivity index (χ4v) is 3.67. The molecule has 0 bridgehead atoms. The van der Waals surface area contributed by atoms with Crippen LogP contribution in [0.5, 0.6) is 0 Å². The predicted molar refractivity (Wildman–Crippen MR) is 89.8 cm³/mol. The normalized spacial score (nSPS) is 11.6. The van der Waals surface area contributed by atoms with Gasteiger partial charge in [0, 0.05) is 23.4 Å². The summed E-state index contributed by atoms with van der Waals surface area (Å²) >= 11 is 0.976. The number of benzene rings is 2. The molecule has 3 rings (SSSR count). The van der Waals surface area contributed by atoms with Crippen LogP contribution in [0.3, 0.4) is 0 Å². The van der Waals surface area contributed by atoms with Crippen LogP contribution in [-0.4, -0.2) is 19.2 Å². The van der Waals surface area contributed by atoms with Crippen molar-refractivity contribution in [3.05, 3.63) is 59.1 Å². The van der Waals surface area contributed by atoms with Gasteiger partial charge in [-0.05, 0) is 41.6 Å². The van der Waals surface area contributed by atoms with Crippen LogP contribution in [0.15, 0.2) is 47.4 Å². The van der Waals surface area contributed by atoms with Crippen LogP contribution in [0, 0.1) is 17.9 Å². The first-order chi connectivity index (χ1) is 11.3. The molecule has 0 aliphatic carbocycles. The van der Waals surface area contributed by atoms with Crippen molar-refractivity contribution < 1.29 is 17.7 Å². The van der Waals surface area contributed by atoms with Crippen LogP contribution in [-0.2, 0) is 9.84 Å². The zero-order chi connectivity index (χ0) is 17.5. The molecule has 0 aliphatic rings. The third-order valence-electron chi connectivity index (χ3n) is 3.60. The lowest BCUT2D eigenvalue weighted by Crippen LogP contribution is -2.29. The van der Waals surface area contributed by atoms with E-state index in [4.69, 9.17) is 0 Å². The number of sulfone groups is 1. The summed E-state index contributed by atoms with van der Waals surface area (Å²) in [6.45, 7) is 1.64. The highest BCUT2D eigenvalue weighted by Crippen LogP contribution is 2.33. The topological polar surface area (TPSA) is 74.0 Å².